The van der Waals surface area contributed by atoms with Crippen LogP contribution in [-0.2, 0) is 23.6 Å². The van der Waals surface area contributed by atoms with Crippen molar-refractivity contribution in [3.8, 4) is 0 Å². The molecule has 0 heterocycles. The number of benzene rings is 2. The van der Waals surface area contributed by atoms with Crippen molar-refractivity contribution in [2.45, 2.75) is 24.8 Å². The first-order chi connectivity index (χ1) is 13.3. The highest BCUT2D eigenvalue weighted by molar-refractivity contribution is 14.1. The number of primary amides is 1. The third kappa shape index (κ3) is 6.34. The summed E-state index contributed by atoms with van der Waals surface area (Å²) in [5, 5.41) is 2.10. The van der Waals surface area contributed by atoms with Crippen LogP contribution >= 0.6 is 22.6 Å². The SMILES string of the molecule is NC(=O)[C@@H](Cc1ccc(I)cc1)NC(=O)c1cc(C(F)(F)F)cc(C(F)(F)F)c1. The van der Waals surface area contributed by atoms with Crippen LogP contribution in [0.2, 0.25) is 0 Å². The molecule has 0 aliphatic rings. The minimum atomic E-state index is -5.10. The van der Waals surface area contributed by atoms with Gasteiger partial charge in [0.25, 0.3) is 5.91 Å². The molecule has 2 aromatic rings. The lowest BCUT2D eigenvalue weighted by Crippen LogP contribution is -2.46. The Morgan fingerprint density at radius 2 is 1.41 bits per heavy atom. The number of halogens is 7. The van der Waals surface area contributed by atoms with E-state index in [0.717, 1.165) is 3.57 Å². The Kier molecular flexibility index (Phi) is 6.81. The predicted molar refractivity (Wildman–Crippen MR) is 99.8 cm³/mol. The zero-order chi connectivity index (χ0) is 22.0. The molecule has 0 aliphatic heterocycles. The van der Waals surface area contributed by atoms with Crippen LogP contribution in [0, 0.1) is 3.57 Å². The van der Waals surface area contributed by atoms with E-state index in [-0.39, 0.29) is 24.6 Å². The maximum Gasteiger partial charge on any atom is 0.416 e. The lowest BCUT2D eigenvalue weighted by atomic mass is 10.0. The molecule has 4 nitrogen and oxygen atoms in total. The monoisotopic (exact) mass is 530 g/mol. The number of hydrogen-bond acceptors (Lipinski definition) is 2. The van der Waals surface area contributed by atoms with Crippen molar-refractivity contribution in [2.24, 2.45) is 5.73 Å². The third-order valence-corrected chi connectivity index (χ3v) is 4.57. The first-order valence-corrected chi connectivity index (χ1v) is 8.99. The smallest absolute Gasteiger partial charge is 0.368 e. The molecular formula is C18H13F6IN2O2. The van der Waals surface area contributed by atoms with E-state index in [1.54, 1.807) is 24.3 Å². The minimum absolute atomic E-state index is 0.0803. The lowest BCUT2D eigenvalue weighted by molar-refractivity contribution is -0.143. The van der Waals surface area contributed by atoms with E-state index < -0.39 is 46.9 Å². The fourth-order valence-electron chi connectivity index (χ4n) is 2.41. The zero-order valence-electron chi connectivity index (χ0n) is 14.4. The maximum absolute atomic E-state index is 12.9. The van der Waals surface area contributed by atoms with Crippen LogP contribution in [-0.4, -0.2) is 17.9 Å². The van der Waals surface area contributed by atoms with Gasteiger partial charge in [-0.05, 0) is 58.5 Å². The normalized spacial score (nSPS) is 13.1. The van der Waals surface area contributed by atoms with Gasteiger partial charge in [0.2, 0.25) is 5.91 Å². The number of nitrogens with one attached hydrogen (secondary N) is 1. The molecule has 2 amide bonds. The lowest BCUT2D eigenvalue weighted by Gasteiger charge is -2.18. The fourth-order valence-corrected chi connectivity index (χ4v) is 2.77. The third-order valence-electron chi connectivity index (χ3n) is 3.85. The molecule has 0 aliphatic carbocycles. The van der Waals surface area contributed by atoms with Gasteiger partial charge in [0.1, 0.15) is 6.04 Å². The van der Waals surface area contributed by atoms with Gasteiger partial charge in [-0.2, -0.15) is 26.3 Å². The number of alkyl halides is 6. The molecule has 11 heteroatoms. The second-order valence-corrected chi connectivity index (χ2v) is 7.30. The quantitative estimate of drug-likeness (QED) is 0.451. The highest BCUT2D eigenvalue weighted by atomic mass is 127. The number of rotatable bonds is 5. The zero-order valence-corrected chi connectivity index (χ0v) is 16.5. The Morgan fingerprint density at radius 1 is 0.931 bits per heavy atom. The number of carbonyl (C=O) groups excluding carboxylic acids is 2. The summed E-state index contributed by atoms with van der Waals surface area (Å²) in [7, 11) is 0. The highest BCUT2D eigenvalue weighted by Gasteiger charge is 2.37. The van der Waals surface area contributed by atoms with Gasteiger partial charge in [-0.25, -0.2) is 0 Å². The Labute approximate surface area is 174 Å². The Balaban J connectivity index is 2.33. The highest BCUT2D eigenvalue weighted by Crippen LogP contribution is 2.36. The van der Waals surface area contributed by atoms with Crippen molar-refractivity contribution >= 4 is 34.4 Å². The molecule has 2 rings (SSSR count). The summed E-state index contributed by atoms with van der Waals surface area (Å²) in [6, 6.07) is 5.89. The molecule has 0 bridgehead atoms. The van der Waals surface area contributed by atoms with E-state index in [9.17, 15) is 35.9 Å². The number of nitrogens with two attached hydrogens (primary N) is 1. The van der Waals surface area contributed by atoms with E-state index in [1.165, 1.54) is 0 Å². The van der Waals surface area contributed by atoms with Gasteiger partial charge in [0.15, 0.2) is 0 Å². The van der Waals surface area contributed by atoms with E-state index in [4.69, 9.17) is 5.73 Å². The summed E-state index contributed by atoms with van der Waals surface area (Å²) in [5.74, 6) is -2.27. The van der Waals surface area contributed by atoms with Crippen LogP contribution in [0.5, 0.6) is 0 Å². The molecule has 1 atom stereocenters. The Morgan fingerprint density at radius 3 is 1.83 bits per heavy atom. The van der Waals surface area contributed by atoms with Gasteiger partial charge in [-0.3, -0.25) is 9.59 Å². The molecule has 0 saturated carbocycles. The van der Waals surface area contributed by atoms with Gasteiger partial charge >= 0.3 is 12.4 Å². The summed E-state index contributed by atoms with van der Waals surface area (Å²) in [5.41, 5.74) is 1.66. The van der Waals surface area contributed by atoms with E-state index >= 15 is 0 Å². The summed E-state index contributed by atoms with van der Waals surface area (Å²) in [6.45, 7) is 0. The Bertz CT molecular complexity index is 878. The van der Waals surface area contributed by atoms with Gasteiger partial charge < -0.3 is 11.1 Å². The largest absolute Gasteiger partial charge is 0.416 e. The first-order valence-electron chi connectivity index (χ1n) is 7.91. The minimum Gasteiger partial charge on any atom is -0.368 e. The molecule has 0 spiro atoms. The average molecular weight is 530 g/mol. The van der Waals surface area contributed by atoms with Gasteiger partial charge in [-0.1, -0.05) is 12.1 Å². The number of hydrogen-bond donors (Lipinski definition) is 2. The van der Waals surface area contributed by atoms with Crippen molar-refractivity contribution in [1.29, 1.82) is 0 Å². The molecule has 2 aromatic carbocycles. The molecule has 0 unspecified atom stereocenters. The predicted octanol–water partition coefficient (Wildman–Crippen LogP) is 4.16. The molecule has 156 valence electrons. The number of carbonyl (C=O) groups is 2. The van der Waals surface area contributed by atoms with Crippen LogP contribution in [0.4, 0.5) is 26.3 Å². The average Bonchev–Trinajstić information content (AvgIpc) is 2.61. The molecule has 0 fully saturated rings. The summed E-state index contributed by atoms with van der Waals surface area (Å²) < 4.78 is 78.5. The molecule has 29 heavy (non-hydrogen) atoms. The summed E-state index contributed by atoms with van der Waals surface area (Å²) >= 11 is 2.04. The maximum atomic E-state index is 12.9. The second kappa shape index (κ2) is 8.59. The molecule has 0 aromatic heterocycles. The van der Waals surface area contributed by atoms with Gasteiger partial charge in [0.05, 0.1) is 11.1 Å². The van der Waals surface area contributed by atoms with Crippen LogP contribution in [0.15, 0.2) is 42.5 Å². The van der Waals surface area contributed by atoms with Gasteiger partial charge in [0, 0.05) is 15.6 Å². The molecule has 3 N–H and O–H groups in total. The van der Waals surface area contributed by atoms with Crippen molar-refractivity contribution in [3.63, 3.8) is 0 Å². The molecule has 0 saturated heterocycles. The van der Waals surface area contributed by atoms with Crippen LogP contribution < -0.4 is 11.1 Å². The molecule has 0 radical (unpaired) electrons. The van der Waals surface area contributed by atoms with Crippen LogP contribution in [0.3, 0.4) is 0 Å². The van der Waals surface area contributed by atoms with Crippen LogP contribution in [0.25, 0.3) is 0 Å². The van der Waals surface area contributed by atoms with Crippen molar-refractivity contribution in [2.75, 3.05) is 0 Å². The van der Waals surface area contributed by atoms with Crippen LogP contribution in [0.1, 0.15) is 27.0 Å². The standard InChI is InChI=1S/C18H13F6IN2O2/c19-17(20,21)11-6-10(7-12(8-11)18(22,23)24)16(29)27-14(15(26)28)5-9-1-3-13(25)4-2-9/h1-4,6-8,14H,5H2,(H2,26,28)(H,27,29)/t14-/m1/s1. The van der Waals surface area contributed by atoms with Crippen molar-refractivity contribution in [3.05, 3.63) is 68.3 Å². The summed E-state index contributed by atoms with van der Waals surface area (Å²) in [6.07, 6.45) is -10.3. The van der Waals surface area contributed by atoms with Crippen molar-refractivity contribution < 1.29 is 35.9 Å². The first kappa shape index (κ1) is 23.0. The van der Waals surface area contributed by atoms with Gasteiger partial charge in [-0.15, -0.1) is 0 Å². The summed E-state index contributed by atoms with van der Waals surface area (Å²) in [4.78, 5) is 23.9. The molecular weight excluding hydrogens is 517 g/mol. The van der Waals surface area contributed by atoms with E-state index in [1.807, 2.05) is 22.6 Å². The van der Waals surface area contributed by atoms with Crippen molar-refractivity contribution in [1.82, 2.24) is 5.32 Å². The second-order valence-electron chi connectivity index (χ2n) is 6.05. The van der Waals surface area contributed by atoms with E-state index in [0.29, 0.717) is 5.56 Å². The fraction of sp³-hybridized carbons (Fsp3) is 0.222. The Hall–Kier alpha value is -2.31. The number of amides is 2. The topological polar surface area (TPSA) is 72.2 Å². The van der Waals surface area contributed by atoms with E-state index in [2.05, 4.69) is 5.32 Å².